The molecule has 13 aromatic rings. The zero-order valence-corrected chi connectivity index (χ0v) is 93.9. The summed E-state index contributed by atoms with van der Waals surface area (Å²) in [7, 11) is 4.00. The number of carbonyl (C=O) groups is 3. The van der Waals surface area contributed by atoms with Gasteiger partial charge in [0.1, 0.15) is 23.0 Å². The van der Waals surface area contributed by atoms with E-state index in [9.17, 15) is 19.6 Å². The molecule has 0 fully saturated rings. The SMILES string of the molecule is CC(=O)C=C(C)O.CC(=O)C=C(C)O.CC(=O)C=C(C)O.CC1(C)c2ccccc2-c2c[c-]c(-c3ccc4ccccc4n3)cc21.CC1(C)c2ccccc2-c2c[c-]c(-c3nccc4ccccc34)cc21.[C-]#[N+]/C(C#N)=C1C=C(/C=C/c2cc3c4c(c2)C(C)(C)CCN4CCC3(C)C)OC(C(C)(C)C)=C/1.[C-]#[N+]/C(C#N)=C1\C=C(C)OC(/C=C/c2ccc(N(C)C)cc2)=C1.[Ir].[Ir].[Ir].[c-]1ccccc1-c1nc2ccccc2s1. The number of rotatable bonds is 11. The second-order valence-electron chi connectivity index (χ2n) is 39.1. The van der Waals surface area contributed by atoms with Gasteiger partial charge in [-0.1, -0.05) is 238 Å². The molecule has 0 saturated heterocycles. The van der Waals surface area contributed by atoms with Crippen LogP contribution >= 0.6 is 11.3 Å². The Morgan fingerprint density at radius 3 is 1.48 bits per heavy atom. The number of hydrogen-bond donors (Lipinski definition) is 3. The molecular formula is C125H120Ir3N9O8S-3. The van der Waals surface area contributed by atoms with Crippen LogP contribution in [0.25, 0.3) is 109 Å². The zero-order chi connectivity index (χ0) is 103. The number of nitrogens with zero attached hydrogens (tertiary/aromatic N) is 9. The molecule has 4 aliphatic heterocycles. The van der Waals surface area contributed by atoms with Gasteiger partial charge in [0.15, 0.2) is 17.3 Å². The van der Waals surface area contributed by atoms with Crippen LogP contribution in [-0.2, 0) is 106 Å². The van der Waals surface area contributed by atoms with Gasteiger partial charge in [-0.3, -0.25) is 24.4 Å². The molecule has 19 rings (SSSR count). The third-order valence-corrected chi connectivity index (χ3v) is 26.1. The molecular weight excluding hydrogens is 2360 g/mol. The average molecular weight is 2490 g/mol. The number of hydrogen-bond acceptors (Lipinski definition) is 16. The van der Waals surface area contributed by atoms with Crippen LogP contribution in [0.1, 0.15) is 182 Å². The number of carbonyl (C=O) groups excluding carboxylic acids is 3. The number of para-hydroxylation sites is 2. The van der Waals surface area contributed by atoms with Gasteiger partial charge in [-0.2, -0.15) is 11.3 Å². The zero-order valence-electron chi connectivity index (χ0n) is 85.9. The summed E-state index contributed by atoms with van der Waals surface area (Å²) in [6.45, 7) is 51.8. The van der Waals surface area contributed by atoms with Crippen LogP contribution in [0.15, 0.2) is 348 Å². The van der Waals surface area contributed by atoms with Gasteiger partial charge in [0.25, 0.3) is 11.4 Å². The molecule has 749 valence electrons. The summed E-state index contributed by atoms with van der Waals surface area (Å²) in [5, 5.41) is 48.1. The Labute approximate surface area is 904 Å². The van der Waals surface area contributed by atoms with E-state index in [4.69, 9.17) is 48.2 Å². The Hall–Kier alpha value is -14.4. The maximum atomic E-state index is 10.0. The minimum atomic E-state index is -0.241. The third-order valence-electron chi connectivity index (χ3n) is 25.0. The van der Waals surface area contributed by atoms with Gasteiger partial charge >= 0.3 is 0 Å². The summed E-state index contributed by atoms with van der Waals surface area (Å²) in [6.07, 6.45) is 22.5. The smallest absolute Gasteiger partial charge is 0.269 e. The summed E-state index contributed by atoms with van der Waals surface area (Å²) in [5.41, 5.74) is 27.0. The number of benzene rings is 10. The summed E-state index contributed by atoms with van der Waals surface area (Å²) in [4.78, 5) is 55.4. The largest absolute Gasteiger partial charge is 0.512 e. The first-order valence-corrected chi connectivity index (χ1v) is 48.1. The predicted molar refractivity (Wildman–Crippen MR) is 583 cm³/mol. The summed E-state index contributed by atoms with van der Waals surface area (Å²) < 4.78 is 13.0. The van der Waals surface area contributed by atoms with Crippen molar-refractivity contribution < 1.29 is 99.5 Å². The number of anilines is 2. The molecule has 21 heteroatoms. The van der Waals surface area contributed by atoms with E-state index in [0.29, 0.717) is 28.4 Å². The summed E-state index contributed by atoms with van der Waals surface area (Å²) in [6, 6.07) is 92.2. The first-order valence-electron chi connectivity index (χ1n) is 47.3. The Morgan fingerprint density at radius 1 is 0.500 bits per heavy atom. The quantitative estimate of drug-likeness (QED) is 0.0473. The van der Waals surface area contributed by atoms with E-state index in [1.807, 2.05) is 140 Å². The number of ether oxygens (including phenoxy) is 2. The van der Waals surface area contributed by atoms with E-state index in [2.05, 4.69) is 271 Å². The number of nitriles is 2. The molecule has 17 nitrogen and oxygen atoms in total. The van der Waals surface area contributed by atoms with Crippen molar-refractivity contribution in [3.63, 3.8) is 0 Å². The molecule has 3 radical (unpaired) electrons. The van der Waals surface area contributed by atoms with Crippen LogP contribution in [0.2, 0.25) is 0 Å². The average Bonchev–Trinajstić information content (AvgIpc) is 1.45. The van der Waals surface area contributed by atoms with Crippen LogP contribution in [-0.4, -0.2) is 74.8 Å². The molecule has 0 saturated carbocycles. The van der Waals surface area contributed by atoms with E-state index in [-0.39, 0.29) is 133 Å². The fourth-order valence-electron chi connectivity index (χ4n) is 17.6. The number of thiazole rings is 1. The van der Waals surface area contributed by atoms with Crippen LogP contribution < -0.4 is 9.80 Å². The molecule has 0 spiro atoms. The van der Waals surface area contributed by atoms with Gasteiger partial charge < -0.3 is 39.6 Å². The standard InChI is InChI=1S/C30H35N3O.2C24H18N.C19H17N3O.C13H8NS.3C5H8O2.3Ir/c1-28(2,3)26-18-21(25(19-31)32-8)17-22(34-26)10-9-20-15-23-27-24(16-20)30(6,7)12-14-33(27)13-11-29(23,4)5;1-24(2)20-9-5-4-8-18(20)19-13-11-17(15-21(19)24)23-14-12-16-7-3-6-10-22(16)25-23;1-24(2)21-10-6-5-9-19(21)20-12-11-17(15-22(20)24)23-18-8-4-3-7-16(18)13-14-25-23;1-14-11-16(19(13-20)21-2)12-18(23-14)10-7-15-5-8-17(9-6-15)22(3)4;1-2-6-10(7-3-1)13-14-11-8-4-5-9-12(11)15-13;3*1-4(6)3-5(2)7;;;/h9-10,15-18H,11-14H2,1-7H3;2*3-10,12-15H,1-2H3;5-12H,1,3-4H3;1-6,8-9H;3*3,6H,1-2H3;;;/q;2*-1;;-1;;;;;;/b10-9+,25-21-;;;10-7+,19-16+;;;;;;;. The van der Waals surface area contributed by atoms with E-state index >= 15 is 0 Å². The normalized spacial score (nSPS) is 15.3. The summed E-state index contributed by atoms with van der Waals surface area (Å²) >= 11 is 1.71. The molecule has 2 aliphatic carbocycles. The molecule has 0 atom stereocenters. The predicted octanol–water partition coefficient (Wildman–Crippen LogP) is 30.6. The Kier molecular flexibility index (Phi) is 40.1. The Balaban J connectivity index is 0.000000195. The van der Waals surface area contributed by atoms with Crippen LogP contribution in [0, 0.1) is 59.4 Å². The molecule has 6 aliphatic rings. The summed E-state index contributed by atoms with van der Waals surface area (Å²) in [5.74, 6) is 2.46. The Bertz CT molecular complexity index is 7400. The van der Waals surface area contributed by atoms with Crippen LogP contribution in [0.5, 0.6) is 0 Å². The number of ketones is 3. The maximum absolute atomic E-state index is 10.0. The van der Waals surface area contributed by atoms with Crippen molar-refractivity contribution in [1.82, 2.24) is 15.0 Å². The maximum Gasteiger partial charge on any atom is 0.269 e. The molecule has 3 aromatic heterocycles. The van der Waals surface area contributed by atoms with Crippen molar-refractivity contribution in [3.8, 4) is 67.5 Å². The fourth-order valence-corrected chi connectivity index (χ4v) is 18.6. The van der Waals surface area contributed by atoms with Crippen molar-refractivity contribution in [1.29, 1.82) is 10.5 Å². The number of pyridine rings is 2. The van der Waals surface area contributed by atoms with Crippen LogP contribution in [0.3, 0.4) is 0 Å². The fraction of sp³-hybridized carbons (Fsp3) is 0.232. The molecule has 3 N–H and O–H groups in total. The minimum absolute atomic E-state index is 0. The molecule has 7 heterocycles. The number of aromatic nitrogens is 3. The molecule has 10 aromatic carbocycles. The van der Waals surface area contributed by atoms with Crippen molar-refractivity contribution in [2.75, 3.05) is 37.0 Å². The van der Waals surface area contributed by atoms with Gasteiger partial charge in [-0.15, -0.1) is 94.5 Å². The van der Waals surface area contributed by atoms with Crippen molar-refractivity contribution in [2.24, 2.45) is 5.41 Å². The second-order valence-corrected chi connectivity index (χ2v) is 40.2. The molecule has 0 unspecified atom stereocenters. The van der Waals surface area contributed by atoms with Gasteiger partial charge in [0, 0.05) is 138 Å². The van der Waals surface area contributed by atoms with E-state index in [0.717, 1.165) is 92.6 Å². The van der Waals surface area contributed by atoms with Gasteiger partial charge in [-0.05, 0) is 240 Å². The van der Waals surface area contributed by atoms with Gasteiger partial charge in [0.05, 0.1) is 53.6 Å². The van der Waals surface area contributed by atoms with Crippen molar-refractivity contribution >= 4 is 84.1 Å². The first-order chi connectivity index (χ1) is 68.0. The second kappa shape index (κ2) is 50.9. The third kappa shape index (κ3) is 29.0. The molecule has 146 heavy (non-hydrogen) atoms. The topological polar surface area (TPSA) is 232 Å². The number of allylic oxidation sites excluding steroid dienone is 18. The van der Waals surface area contributed by atoms with E-state index < -0.39 is 0 Å². The van der Waals surface area contributed by atoms with Gasteiger partial charge in [-0.25, -0.2) is 20.2 Å². The van der Waals surface area contributed by atoms with Gasteiger partial charge in [0.2, 0.25) is 0 Å². The van der Waals surface area contributed by atoms with Crippen molar-refractivity contribution in [3.05, 3.63) is 434 Å². The van der Waals surface area contributed by atoms with Crippen LogP contribution in [0.4, 0.5) is 11.4 Å². The minimum Gasteiger partial charge on any atom is -0.512 e. The van der Waals surface area contributed by atoms with Crippen molar-refractivity contribution in [2.45, 2.75) is 159 Å². The number of fused-ring (bicyclic) bond motifs is 9. The van der Waals surface area contributed by atoms with E-state index in [1.165, 1.54) is 142 Å². The monoisotopic (exact) mass is 2490 g/mol. The number of aliphatic hydroxyl groups excluding tert-OH is 3. The molecule has 0 bridgehead atoms. The van der Waals surface area contributed by atoms with E-state index in [1.54, 1.807) is 36.5 Å². The molecule has 0 amide bonds. The number of aliphatic hydroxyl groups is 3. The Morgan fingerprint density at radius 2 is 0.979 bits per heavy atom. The first kappa shape index (κ1) is 115.